The standard InChI is InChI=1S/C19H17N3O4S/c1-22-15-5-3-2-4-14(15)19(23)21-18(22)17-11-10-16(26-17)12-6-8-13(9-7-12)27(20,24)25/h2-11,18H,1H3,(H,21,23)(H2,20,24,25)/t18-/m1/s1. The molecule has 138 valence electrons. The number of nitrogens with zero attached hydrogens (tertiary/aromatic N) is 1. The summed E-state index contributed by atoms with van der Waals surface area (Å²) < 4.78 is 28.7. The Kier molecular flexibility index (Phi) is 4.01. The Bertz CT molecular complexity index is 1120. The molecule has 1 atom stereocenters. The molecule has 4 rings (SSSR count). The van der Waals surface area contributed by atoms with E-state index in [0.717, 1.165) is 5.69 Å². The molecule has 0 radical (unpaired) electrons. The van der Waals surface area contributed by atoms with Crippen molar-refractivity contribution in [3.63, 3.8) is 0 Å². The summed E-state index contributed by atoms with van der Waals surface area (Å²) in [4.78, 5) is 14.3. The van der Waals surface area contributed by atoms with E-state index in [1.807, 2.05) is 30.1 Å². The van der Waals surface area contributed by atoms with E-state index < -0.39 is 16.2 Å². The van der Waals surface area contributed by atoms with Crippen LogP contribution >= 0.6 is 0 Å². The van der Waals surface area contributed by atoms with E-state index in [4.69, 9.17) is 9.56 Å². The number of anilines is 1. The number of rotatable bonds is 3. The van der Waals surface area contributed by atoms with Gasteiger partial charge in [0.05, 0.1) is 16.1 Å². The molecular weight excluding hydrogens is 366 g/mol. The molecule has 1 aliphatic heterocycles. The topological polar surface area (TPSA) is 106 Å². The molecule has 0 saturated carbocycles. The first-order valence-electron chi connectivity index (χ1n) is 8.20. The first-order valence-corrected chi connectivity index (χ1v) is 9.75. The lowest BCUT2D eigenvalue weighted by molar-refractivity contribution is 0.0922. The van der Waals surface area contributed by atoms with Gasteiger partial charge in [0.2, 0.25) is 10.0 Å². The molecule has 27 heavy (non-hydrogen) atoms. The molecule has 1 aliphatic rings. The average molecular weight is 383 g/mol. The normalized spacial score (nSPS) is 16.7. The largest absolute Gasteiger partial charge is 0.457 e. The van der Waals surface area contributed by atoms with Crippen LogP contribution in [0.4, 0.5) is 5.69 Å². The third kappa shape index (κ3) is 3.09. The number of amides is 1. The van der Waals surface area contributed by atoms with Crippen molar-refractivity contribution >= 4 is 21.6 Å². The molecule has 1 aromatic heterocycles. The van der Waals surface area contributed by atoms with Crippen LogP contribution in [0.15, 0.2) is 70.0 Å². The third-order valence-electron chi connectivity index (χ3n) is 4.55. The summed E-state index contributed by atoms with van der Waals surface area (Å²) in [5.41, 5.74) is 2.14. The molecule has 0 spiro atoms. The zero-order valence-electron chi connectivity index (χ0n) is 14.4. The molecule has 0 unspecified atom stereocenters. The number of benzene rings is 2. The number of carbonyl (C=O) groups excluding carboxylic acids is 1. The summed E-state index contributed by atoms with van der Waals surface area (Å²) in [7, 11) is -1.86. The van der Waals surface area contributed by atoms with Gasteiger partial charge in [-0.15, -0.1) is 0 Å². The fraction of sp³-hybridized carbons (Fsp3) is 0.105. The molecule has 2 heterocycles. The van der Waals surface area contributed by atoms with Crippen LogP contribution in [0.25, 0.3) is 11.3 Å². The fourth-order valence-corrected chi connectivity index (χ4v) is 3.65. The van der Waals surface area contributed by atoms with Gasteiger partial charge >= 0.3 is 0 Å². The number of primary sulfonamides is 1. The van der Waals surface area contributed by atoms with Crippen molar-refractivity contribution in [2.75, 3.05) is 11.9 Å². The summed E-state index contributed by atoms with van der Waals surface area (Å²) in [6.07, 6.45) is -0.440. The van der Waals surface area contributed by atoms with Gasteiger partial charge in [-0.3, -0.25) is 4.79 Å². The van der Waals surface area contributed by atoms with Crippen molar-refractivity contribution in [1.29, 1.82) is 0 Å². The molecule has 0 fully saturated rings. The zero-order chi connectivity index (χ0) is 19.2. The number of carbonyl (C=O) groups is 1. The number of fused-ring (bicyclic) bond motifs is 1. The lowest BCUT2D eigenvalue weighted by atomic mass is 10.1. The Morgan fingerprint density at radius 3 is 2.44 bits per heavy atom. The monoisotopic (exact) mass is 383 g/mol. The number of hydrogen-bond donors (Lipinski definition) is 2. The summed E-state index contributed by atoms with van der Waals surface area (Å²) in [6, 6.07) is 17.0. The maximum absolute atomic E-state index is 12.4. The van der Waals surface area contributed by atoms with Gasteiger partial charge in [0, 0.05) is 12.6 Å². The van der Waals surface area contributed by atoms with Crippen molar-refractivity contribution < 1.29 is 17.6 Å². The Morgan fingerprint density at radius 2 is 1.74 bits per heavy atom. The van der Waals surface area contributed by atoms with Crippen molar-refractivity contribution in [3.8, 4) is 11.3 Å². The number of nitrogens with two attached hydrogens (primary N) is 1. The predicted molar refractivity (Wildman–Crippen MR) is 101 cm³/mol. The highest BCUT2D eigenvalue weighted by Crippen LogP contribution is 2.34. The van der Waals surface area contributed by atoms with Gasteiger partial charge in [-0.25, -0.2) is 13.6 Å². The Hall–Kier alpha value is -3.10. The minimum Gasteiger partial charge on any atom is -0.457 e. The van der Waals surface area contributed by atoms with E-state index in [1.54, 1.807) is 30.3 Å². The summed E-state index contributed by atoms with van der Waals surface area (Å²) in [5, 5.41) is 8.05. The van der Waals surface area contributed by atoms with Crippen molar-refractivity contribution in [3.05, 3.63) is 72.0 Å². The number of sulfonamides is 1. The molecule has 3 N–H and O–H groups in total. The number of para-hydroxylation sites is 1. The molecule has 8 heteroatoms. The second kappa shape index (κ2) is 6.26. The maximum atomic E-state index is 12.4. The van der Waals surface area contributed by atoms with Crippen LogP contribution in [0.2, 0.25) is 0 Å². The minimum absolute atomic E-state index is 0.0360. The lowest BCUT2D eigenvalue weighted by Gasteiger charge is -2.34. The van der Waals surface area contributed by atoms with Crippen LogP contribution in [-0.2, 0) is 10.0 Å². The van der Waals surface area contributed by atoms with E-state index in [-0.39, 0.29) is 10.8 Å². The predicted octanol–water partition coefficient (Wildman–Crippen LogP) is 2.47. The van der Waals surface area contributed by atoms with Crippen LogP contribution in [0, 0.1) is 0 Å². The molecule has 0 bridgehead atoms. The molecular formula is C19H17N3O4S. The second-order valence-corrected chi connectivity index (χ2v) is 7.84. The van der Waals surface area contributed by atoms with Crippen LogP contribution in [0.3, 0.4) is 0 Å². The first-order chi connectivity index (χ1) is 12.8. The molecule has 0 aliphatic carbocycles. The molecule has 3 aromatic rings. The fourth-order valence-electron chi connectivity index (χ4n) is 3.14. The van der Waals surface area contributed by atoms with Crippen molar-refractivity contribution in [2.24, 2.45) is 5.14 Å². The zero-order valence-corrected chi connectivity index (χ0v) is 15.2. The maximum Gasteiger partial charge on any atom is 0.255 e. The lowest BCUT2D eigenvalue weighted by Crippen LogP contribution is -2.44. The summed E-state index contributed by atoms with van der Waals surface area (Å²) in [6.45, 7) is 0. The Morgan fingerprint density at radius 1 is 1.04 bits per heavy atom. The van der Waals surface area contributed by atoms with Gasteiger partial charge in [0.15, 0.2) is 6.17 Å². The van der Waals surface area contributed by atoms with E-state index in [9.17, 15) is 13.2 Å². The van der Waals surface area contributed by atoms with Gasteiger partial charge in [-0.05, 0) is 48.5 Å². The van der Waals surface area contributed by atoms with E-state index in [0.29, 0.717) is 22.6 Å². The highest BCUT2D eigenvalue weighted by molar-refractivity contribution is 7.89. The van der Waals surface area contributed by atoms with Gasteiger partial charge in [-0.1, -0.05) is 12.1 Å². The quantitative estimate of drug-likeness (QED) is 0.723. The SMILES string of the molecule is CN1c2ccccc2C(=O)N[C@H]1c1ccc(-c2ccc(S(N)(=O)=O)cc2)o1. The highest BCUT2D eigenvalue weighted by Gasteiger charge is 2.31. The van der Waals surface area contributed by atoms with E-state index >= 15 is 0 Å². The number of furan rings is 1. The summed E-state index contributed by atoms with van der Waals surface area (Å²) >= 11 is 0. The van der Waals surface area contributed by atoms with Gasteiger partial charge in [0.25, 0.3) is 5.91 Å². The van der Waals surface area contributed by atoms with Gasteiger partial charge in [-0.2, -0.15) is 0 Å². The van der Waals surface area contributed by atoms with Crippen LogP contribution < -0.4 is 15.4 Å². The van der Waals surface area contributed by atoms with Crippen LogP contribution in [0.1, 0.15) is 22.3 Å². The molecule has 0 saturated heterocycles. The number of nitrogens with one attached hydrogen (secondary N) is 1. The smallest absolute Gasteiger partial charge is 0.255 e. The van der Waals surface area contributed by atoms with Crippen LogP contribution in [0.5, 0.6) is 0 Å². The number of hydrogen-bond acceptors (Lipinski definition) is 5. The first kappa shape index (κ1) is 17.3. The highest BCUT2D eigenvalue weighted by atomic mass is 32.2. The third-order valence-corrected chi connectivity index (χ3v) is 5.48. The second-order valence-electron chi connectivity index (χ2n) is 6.28. The van der Waals surface area contributed by atoms with E-state index in [1.165, 1.54) is 12.1 Å². The van der Waals surface area contributed by atoms with Crippen LogP contribution in [-0.4, -0.2) is 21.4 Å². The Labute approximate surface area is 156 Å². The Balaban J connectivity index is 1.64. The van der Waals surface area contributed by atoms with Crippen molar-refractivity contribution in [2.45, 2.75) is 11.1 Å². The molecule has 1 amide bonds. The van der Waals surface area contributed by atoms with Crippen molar-refractivity contribution in [1.82, 2.24) is 5.32 Å². The van der Waals surface area contributed by atoms with Gasteiger partial charge < -0.3 is 14.6 Å². The molecule has 7 nitrogen and oxygen atoms in total. The minimum atomic E-state index is -3.74. The summed E-state index contributed by atoms with van der Waals surface area (Å²) in [5.74, 6) is 0.975. The average Bonchev–Trinajstić information content (AvgIpc) is 3.14. The van der Waals surface area contributed by atoms with Gasteiger partial charge in [0.1, 0.15) is 11.5 Å². The molecule has 2 aromatic carbocycles. The van der Waals surface area contributed by atoms with E-state index in [2.05, 4.69) is 5.32 Å².